The van der Waals surface area contributed by atoms with E-state index in [0.717, 1.165) is 11.8 Å². The number of benzene rings is 2. The van der Waals surface area contributed by atoms with Crippen LogP contribution in [0.1, 0.15) is 44.9 Å². The highest BCUT2D eigenvalue weighted by Gasteiger charge is 2.15. The third-order valence-electron chi connectivity index (χ3n) is 3.34. The zero-order chi connectivity index (χ0) is 17.5. The second-order valence-corrected chi connectivity index (χ2v) is 4.98. The molecule has 0 bridgehead atoms. The molecule has 5 heteroatoms. The molecule has 0 radical (unpaired) electrons. The van der Waals surface area contributed by atoms with Gasteiger partial charge in [0.15, 0.2) is 0 Å². The van der Waals surface area contributed by atoms with Gasteiger partial charge in [-0.15, -0.1) is 0 Å². The van der Waals surface area contributed by atoms with E-state index >= 15 is 0 Å². The molecule has 124 valence electrons. The topological polar surface area (TPSA) is 69.7 Å². The fourth-order valence-electron chi connectivity index (χ4n) is 2.21. The first-order valence-corrected chi connectivity index (χ1v) is 7.64. The fraction of sp³-hybridized carbons (Fsp3) is 0.211. The van der Waals surface area contributed by atoms with Crippen LogP contribution in [0.2, 0.25) is 0 Å². The van der Waals surface area contributed by atoms with Crippen LogP contribution in [0.25, 0.3) is 11.1 Å². The van der Waals surface area contributed by atoms with Gasteiger partial charge in [-0.05, 0) is 43.2 Å². The first kappa shape index (κ1) is 17.4. The van der Waals surface area contributed by atoms with Crippen LogP contribution in [0.4, 0.5) is 0 Å². The van der Waals surface area contributed by atoms with Crippen molar-refractivity contribution in [3.05, 3.63) is 59.2 Å². The van der Waals surface area contributed by atoms with Crippen molar-refractivity contribution >= 4 is 18.2 Å². The number of aldehydes is 1. The molecule has 2 aromatic rings. The minimum atomic E-state index is -0.505. The zero-order valence-corrected chi connectivity index (χ0v) is 13.6. The molecule has 2 rings (SSSR count). The first-order chi connectivity index (χ1) is 11.6. The zero-order valence-electron chi connectivity index (χ0n) is 13.6. The van der Waals surface area contributed by atoms with Crippen LogP contribution in [-0.4, -0.2) is 31.4 Å². The van der Waals surface area contributed by atoms with E-state index in [2.05, 4.69) is 0 Å². The molecule has 0 unspecified atom stereocenters. The van der Waals surface area contributed by atoms with Crippen molar-refractivity contribution < 1.29 is 23.9 Å². The van der Waals surface area contributed by atoms with E-state index in [9.17, 15) is 14.4 Å². The molecule has 5 nitrogen and oxygen atoms in total. The van der Waals surface area contributed by atoms with Crippen LogP contribution in [-0.2, 0) is 9.47 Å². The Morgan fingerprint density at radius 2 is 1.33 bits per heavy atom. The molecule has 0 aliphatic carbocycles. The Balaban J connectivity index is 2.49. The van der Waals surface area contributed by atoms with E-state index < -0.39 is 11.9 Å². The van der Waals surface area contributed by atoms with Crippen LogP contribution in [0.3, 0.4) is 0 Å². The maximum absolute atomic E-state index is 12.0. The Morgan fingerprint density at radius 1 is 0.833 bits per heavy atom. The smallest absolute Gasteiger partial charge is 0.338 e. The number of rotatable bonds is 6. The van der Waals surface area contributed by atoms with Gasteiger partial charge in [-0.1, -0.05) is 24.3 Å². The van der Waals surface area contributed by atoms with Gasteiger partial charge in [-0.25, -0.2) is 9.59 Å². The number of carbonyl (C=O) groups is 3. The molecule has 0 spiro atoms. The van der Waals surface area contributed by atoms with Gasteiger partial charge < -0.3 is 9.47 Å². The highest BCUT2D eigenvalue weighted by atomic mass is 16.5. The minimum absolute atomic E-state index is 0.242. The van der Waals surface area contributed by atoms with Crippen LogP contribution >= 0.6 is 0 Å². The van der Waals surface area contributed by atoms with Gasteiger partial charge in [0.2, 0.25) is 0 Å². The predicted molar refractivity (Wildman–Crippen MR) is 89.2 cm³/mol. The highest BCUT2D eigenvalue weighted by molar-refractivity contribution is 5.97. The van der Waals surface area contributed by atoms with Crippen molar-refractivity contribution in [1.29, 1.82) is 0 Å². The average molecular weight is 326 g/mol. The van der Waals surface area contributed by atoms with E-state index in [0.29, 0.717) is 11.1 Å². The Kier molecular flexibility index (Phi) is 5.84. The van der Waals surface area contributed by atoms with Gasteiger partial charge in [0.25, 0.3) is 0 Å². The summed E-state index contributed by atoms with van der Waals surface area (Å²) in [6.07, 6.45) is 0.753. The summed E-state index contributed by atoms with van der Waals surface area (Å²) in [5, 5.41) is 0. The second-order valence-electron chi connectivity index (χ2n) is 4.98. The summed E-state index contributed by atoms with van der Waals surface area (Å²) in [7, 11) is 0. The molecule has 0 saturated heterocycles. The summed E-state index contributed by atoms with van der Waals surface area (Å²) in [5.41, 5.74) is 2.54. The van der Waals surface area contributed by atoms with E-state index in [4.69, 9.17) is 9.47 Å². The van der Waals surface area contributed by atoms with Crippen molar-refractivity contribution in [3.63, 3.8) is 0 Å². The molecule has 0 aliphatic rings. The van der Waals surface area contributed by atoms with Crippen LogP contribution in [0.15, 0.2) is 42.5 Å². The largest absolute Gasteiger partial charge is 0.462 e. The van der Waals surface area contributed by atoms with Crippen molar-refractivity contribution in [2.75, 3.05) is 13.2 Å². The lowest BCUT2D eigenvalue weighted by molar-refractivity contribution is 0.0525. The number of esters is 2. The number of hydrogen-bond donors (Lipinski definition) is 0. The standard InChI is InChI=1S/C19H18O5/c1-3-23-18(21)16-9-15(10-17(11-16)19(22)24-4-2)14-7-5-13(12-20)6-8-14/h5-12H,3-4H2,1-2H3. The van der Waals surface area contributed by atoms with Gasteiger partial charge in [-0.2, -0.15) is 0 Å². The lowest BCUT2D eigenvalue weighted by atomic mass is 9.99. The van der Waals surface area contributed by atoms with E-state index in [1.165, 1.54) is 6.07 Å². The van der Waals surface area contributed by atoms with E-state index in [1.54, 1.807) is 50.2 Å². The monoisotopic (exact) mass is 326 g/mol. The van der Waals surface area contributed by atoms with Crippen LogP contribution in [0.5, 0.6) is 0 Å². The molecule has 0 atom stereocenters. The predicted octanol–water partition coefficient (Wildman–Crippen LogP) is 3.52. The van der Waals surface area contributed by atoms with Gasteiger partial charge >= 0.3 is 11.9 Å². The molecule has 0 amide bonds. The summed E-state index contributed by atoms with van der Waals surface area (Å²) in [4.78, 5) is 34.8. The molecule has 0 aliphatic heterocycles. The van der Waals surface area contributed by atoms with Crippen molar-refractivity contribution in [2.45, 2.75) is 13.8 Å². The fourth-order valence-corrected chi connectivity index (χ4v) is 2.21. The molecule has 0 saturated carbocycles. The Morgan fingerprint density at radius 3 is 1.75 bits per heavy atom. The molecule has 0 aromatic heterocycles. The lowest BCUT2D eigenvalue weighted by Gasteiger charge is -2.09. The maximum atomic E-state index is 12.0. The summed E-state index contributed by atoms with van der Waals surface area (Å²) in [6, 6.07) is 11.6. The molecule has 0 fully saturated rings. The number of hydrogen-bond acceptors (Lipinski definition) is 5. The van der Waals surface area contributed by atoms with Gasteiger partial charge in [-0.3, -0.25) is 4.79 Å². The first-order valence-electron chi connectivity index (χ1n) is 7.64. The third kappa shape index (κ3) is 4.07. The SMILES string of the molecule is CCOC(=O)c1cc(C(=O)OCC)cc(-c2ccc(C=O)cc2)c1. The Labute approximate surface area is 140 Å². The van der Waals surface area contributed by atoms with E-state index in [1.807, 2.05) is 0 Å². The Hall–Kier alpha value is -2.95. The van der Waals surface area contributed by atoms with Crippen LogP contribution < -0.4 is 0 Å². The molecule has 0 N–H and O–H groups in total. The normalized spacial score (nSPS) is 10.1. The number of ether oxygens (including phenoxy) is 2. The molecule has 24 heavy (non-hydrogen) atoms. The summed E-state index contributed by atoms with van der Waals surface area (Å²) in [5.74, 6) is -1.01. The quantitative estimate of drug-likeness (QED) is 0.600. The number of carbonyl (C=O) groups excluding carboxylic acids is 3. The second kappa shape index (κ2) is 8.06. The third-order valence-corrected chi connectivity index (χ3v) is 3.34. The summed E-state index contributed by atoms with van der Waals surface area (Å²) in [6.45, 7) is 3.91. The van der Waals surface area contributed by atoms with Crippen LogP contribution in [0, 0.1) is 0 Å². The molecule has 2 aromatic carbocycles. The molecular weight excluding hydrogens is 308 g/mol. The van der Waals surface area contributed by atoms with Gasteiger partial charge in [0.1, 0.15) is 6.29 Å². The van der Waals surface area contributed by atoms with Crippen molar-refractivity contribution in [2.24, 2.45) is 0 Å². The Bertz CT molecular complexity index is 711. The lowest BCUT2D eigenvalue weighted by Crippen LogP contribution is -2.09. The summed E-state index contributed by atoms with van der Waals surface area (Å²) < 4.78 is 10.0. The summed E-state index contributed by atoms with van der Waals surface area (Å²) >= 11 is 0. The van der Waals surface area contributed by atoms with E-state index in [-0.39, 0.29) is 24.3 Å². The van der Waals surface area contributed by atoms with Gasteiger partial charge in [0, 0.05) is 5.56 Å². The molecule has 0 heterocycles. The molecular formula is C19H18O5. The maximum Gasteiger partial charge on any atom is 0.338 e. The average Bonchev–Trinajstić information content (AvgIpc) is 2.62. The van der Waals surface area contributed by atoms with Gasteiger partial charge in [0.05, 0.1) is 24.3 Å². The highest BCUT2D eigenvalue weighted by Crippen LogP contribution is 2.24. The van der Waals surface area contributed by atoms with Crippen molar-refractivity contribution in [3.8, 4) is 11.1 Å². The minimum Gasteiger partial charge on any atom is -0.462 e. The van der Waals surface area contributed by atoms with Crippen molar-refractivity contribution in [1.82, 2.24) is 0 Å².